The number of carbonyl (C=O) groups is 1. The number of nitrogens with zero attached hydrogens (tertiary/aromatic N) is 1. The second-order valence-electron chi connectivity index (χ2n) is 4.65. The van der Waals surface area contributed by atoms with Gasteiger partial charge in [-0.1, -0.05) is 0 Å². The summed E-state index contributed by atoms with van der Waals surface area (Å²) in [4.78, 5) is 14.6. The number of aliphatic carboxylic acids is 1. The van der Waals surface area contributed by atoms with E-state index in [1.54, 1.807) is 0 Å². The van der Waals surface area contributed by atoms with Crippen LogP contribution in [0.25, 0.3) is 11.1 Å². The van der Waals surface area contributed by atoms with Crippen LogP contribution in [0.2, 0.25) is 0 Å². The molecule has 0 saturated carbocycles. The number of rotatable bonds is 4. The van der Waals surface area contributed by atoms with E-state index < -0.39 is 11.8 Å². The van der Waals surface area contributed by atoms with Crippen LogP contribution in [-0.2, 0) is 11.2 Å². The molecule has 0 aliphatic rings. The van der Waals surface area contributed by atoms with Crippen LogP contribution in [0.3, 0.4) is 0 Å². The van der Waals surface area contributed by atoms with Gasteiger partial charge in [-0.05, 0) is 42.0 Å². The third-order valence-corrected chi connectivity index (χ3v) is 2.96. The summed E-state index contributed by atoms with van der Waals surface area (Å²) in [6, 6.07) is 8.06. The average Bonchev–Trinajstić information content (AvgIpc) is 2.84. The van der Waals surface area contributed by atoms with Gasteiger partial charge in [0.25, 0.3) is 6.01 Å². The minimum Gasteiger partial charge on any atom is -0.481 e. The second kappa shape index (κ2) is 5.44. The predicted molar refractivity (Wildman–Crippen MR) is 75.0 cm³/mol. The summed E-state index contributed by atoms with van der Waals surface area (Å²) in [5, 5.41) is 11.5. The van der Waals surface area contributed by atoms with Crippen LogP contribution in [0.4, 0.5) is 20.5 Å². The molecule has 0 aliphatic heterocycles. The monoisotopic (exact) mass is 304 g/mol. The smallest absolute Gasteiger partial charge is 0.307 e. The molecule has 0 fully saturated rings. The van der Waals surface area contributed by atoms with Gasteiger partial charge in [0.2, 0.25) is 0 Å². The number of hydrogen-bond acceptors (Lipinski definition) is 4. The fourth-order valence-corrected chi connectivity index (χ4v) is 2.03. The summed E-state index contributed by atoms with van der Waals surface area (Å²) in [6.07, 6.45) is -0.311. The molecule has 112 valence electrons. The van der Waals surface area contributed by atoms with E-state index >= 15 is 0 Å². The van der Waals surface area contributed by atoms with Crippen molar-refractivity contribution < 1.29 is 23.1 Å². The largest absolute Gasteiger partial charge is 0.481 e. The molecule has 2 aromatic carbocycles. The Hall–Kier alpha value is -2.96. The maximum Gasteiger partial charge on any atom is 0.307 e. The van der Waals surface area contributed by atoms with Crippen molar-refractivity contribution in [2.24, 2.45) is 0 Å². The molecule has 0 spiro atoms. The molecule has 0 radical (unpaired) electrons. The highest BCUT2D eigenvalue weighted by Gasteiger charge is 2.13. The molecule has 1 heterocycles. The van der Waals surface area contributed by atoms with Crippen LogP contribution in [0.1, 0.15) is 5.56 Å². The highest BCUT2D eigenvalue weighted by atomic mass is 19.1. The van der Waals surface area contributed by atoms with Crippen LogP contribution >= 0.6 is 0 Å². The number of anilines is 2. The number of carboxylic acids is 1. The van der Waals surface area contributed by atoms with Crippen LogP contribution in [0, 0.1) is 11.6 Å². The fourth-order valence-electron chi connectivity index (χ4n) is 2.03. The van der Waals surface area contributed by atoms with Crippen molar-refractivity contribution in [1.29, 1.82) is 0 Å². The minimum atomic E-state index is -1.07. The van der Waals surface area contributed by atoms with E-state index in [1.807, 2.05) is 0 Å². The lowest BCUT2D eigenvalue weighted by Crippen LogP contribution is -2.00. The number of hydrogen-bond donors (Lipinski definition) is 2. The van der Waals surface area contributed by atoms with Crippen LogP contribution in [-0.4, -0.2) is 16.1 Å². The third kappa shape index (κ3) is 2.88. The third-order valence-electron chi connectivity index (χ3n) is 2.96. The molecule has 0 aliphatic carbocycles. The number of fused-ring (bicyclic) bond motifs is 1. The molecule has 3 aromatic rings. The first kappa shape index (κ1) is 14.0. The van der Waals surface area contributed by atoms with E-state index in [9.17, 15) is 13.6 Å². The number of halogens is 2. The van der Waals surface area contributed by atoms with Crippen LogP contribution < -0.4 is 5.32 Å². The lowest BCUT2D eigenvalue weighted by molar-refractivity contribution is -0.136. The molecule has 0 atom stereocenters. The van der Waals surface area contributed by atoms with Gasteiger partial charge in [0.15, 0.2) is 11.4 Å². The van der Waals surface area contributed by atoms with E-state index in [0.717, 1.165) is 6.07 Å². The van der Waals surface area contributed by atoms with Gasteiger partial charge in [0.05, 0.1) is 6.42 Å². The predicted octanol–water partition coefficient (Wildman–Crippen LogP) is 3.48. The van der Waals surface area contributed by atoms with Gasteiger partial charge >= 0.3 is 5.97 Å². The minimum absolute atomic E-state index is 0.00116. The van der Waals surface area contributed by atoms with Gasteiger partial charge in [-0.25, -0.2) is 8.78 Å². The second-order valence-corrected chi connectivity index (χ2v) is 4.65. The first-order chi connectivity index (χ1) is 10.5. The van der Waals surface area contributed by atoms with Crippen molar-refractivity contribution in [3.8, 4) is 0 Å². The van der Waals surface area contributed by atoms with Gasteiger partial charge in [-0.2, -0.15) is 4.98 Å². The van der Waals surface area contributed by atoms with Gasteiger partial charge in [-0.15, -0.1) is 0 Å². The first-order valence-electron chi connectivity index (χ1n) is 6.34. The zero-order valence-electron chi connectivity index (χ0n) is 11.1. The normalized spacial score (nSPS) is 10.8. The number of oxazole rings is 1. The van der Waals surface area contributed by atoms with E-state index in [2.05, 4.69) is 10.3 Å². The zero-order chi connectivity index (χ0) is 15.7. The quantitative estimate of drug-likeness (QED) is 0.772. The van der Waals surface area contributed by atoms with E-state index in [1.165, 1.54) is 30.3 Å². The number of benzene rings is 2. The Kier molecular flexibility index (Phi) is 3.46. The molecule has 0 bridgehead atoms. The summed E-state index contributed by atoms with van der Waals surface area (Å²) in [7, 11) is 0. The van der Waals surface area contributed by atoms with Crippen molar-refractivity contribution >= 4 is 28.8 Å². The maximum atomic E-state index is 13.9. The van der Waals surface area contributed by atoms with Crippen molar-refractivity contribution in [2.45, 2.75) is 6.42 Å². The maximum absolute atomic E-state index is 13.9. The molecule has 5 nitrogen and oxygen atoms in total. The van der Waals surface area contributed by atoms with Crippen LogP contribution in [0.15, 0.2) is 40.8 Å². The molecule has 22 heavy (non-hydrogen) atoms. The molecule has 0 unspecified atom stereocenters. The Morgan fingerprint density at radius 1 is 1.23 bits per heavy atom. The standard InChI is InChI=1S/C15H10F2N2O3/c16-9-1-3-10(4-2-9)18-15-19-14-11(17)5-8(7-13(20)21)6-12(14)22-15/h1-6H,7H2,(H,18,19)(H,20,21). The van der Waals surface area contributed by atoms with Crippen molar-refractivity contribution in [2.75, 3.05) is 5.32 Å². The van der Waals surface area contributed by atoms with Gasteiger partial charge in [-0.3, -0.25) is 4.79 Å². The van der Waals surface area contributed by atoms with Gasteiger partial charge in [0.1, 0.15) is 11.3 Å². The Labute approximate surface area is 123 Å². The summed E-state index contributed by atoms with van der Waals surface area (Å²) in [6.45, 7) is 0. The SMILES string of the molecule is O=C(O)Cc1cc(F)c2nc(Nc3ccc(F)cc3)oc2c1. The molecule has 1 aromatic heterocycles. The summed E-state index contributed by atoms with van der Waals surface area (Å²) in [5.74, 6) is -2.11. The topological polar surface area (TPSA) is 75.4 Å². The number of nitrogens with one attached hydrogen (secondary N) is 1. The van der Waals surface area contributed by atoms with E-state index in [4.69, 9.17) is 9.52 Å². The molecule has 0 amide bonds. The highest BCUT2D eigenvalue weighted by Crippen LogP contribution is 2.25. The molecular weight excluding hydrogens is 294 g/mol. The molecule has 2 N–H and O–H groups in total. The lowest BCUT2D eigenvalue weighted by atomic mass is 10.1. The zero-order valence-corrected chi connectivity index (χ0v) is 11.1. The molecule has 3 rings (SSSR count). The molecule has 0 saturated heterocycles. The highest BCUT2D eigenvalue weighted by molar-refractivity contribution is 5.79. The average molecular weight is 304 g/mol. The van der Waals surface area contributed by atoms with E-state index in [0.29, 0.717) is 5.69 Å². The Balaban J connectivity index is 1.93. The fraction of sp³-hybridized carbons (Fsp3) is 0.0667. The Bertz CT molecular complexity index is 844. The number of carboxylic acid groups (broad SMARTS) is 1. The van der Waals surface area contributed by atoms with Crippen LogP contribution in [0.5, 0.6) is 0 Å². The molecule has 7 heteroatoms. The van der Waals surface area contributed by atoms with Crippen molar-refractivity contribution in [1.82, 2.24) is 4.98 Å². The summed E-state index contributed by atoms with van der Waals surface area (Å²) in [5.41, 5.74) is 0.945. The Morgan fingerprint density at radius 2 is 1.95 bits per heavy atom. The first-order valence-corrected chi connectivity index (χ1v) is 6.34. The lowest BCUT2D eigenvalue weighted by Gasteiger charge is -1.99. The number of aromatic nitrogens is 1. The van der Waals surface area contributed by atoms with Crippen molar-refractivity contribution in [3.63, 3.8) is 0 Å². The van der Waals surface area contributed by atoms with Gasteiger partial charge < -0.3 is 14.8 Å². The van der Waals surface area contributed by atoms with Crippen molar-refractivity contribution in [3.05, 3.63) is 53.6 Å². The van der Waals surface area contributed by atoms with Gasteiger partial charge in [0, 0.05) is 5.69 Å². The summed E-state index contributed by atoms with van der Waals surface area (Å²) < 4.78 is 32.1. The Morgan fingerprint density at radius 3 is 2.64 bits per heavy atom. The summed E-state index contributed by atoms with van der Waals surface area (Å²) >= 11 is 0. The van der Waals surface area contributed by atoms with E-state index in [-0.39, 0.29) is 34.9 Å². The molecular formula is C15H10F2N2O3.